The fourth-order valence-electron chi connectivity index (χ4n) is 5.84. The van der Waals surface area contributed by atoms with Crippen molar-refractivity contribution in [3.05, 3.63) is 106 Å². The standard InChI is InChI=1S/C36H46N4O3/c1-29-9-4-5-11-32(29)27-40(23-22-39-20-16-33(17-21-39)43-28-30-10-8-18-37-26-30)19-6-3-7-24-42-34-13-14-35-31(25-34)12-15-36(41)38(35)2/h4-5,8-15,18,25-26,33H,3,6-7,16-17,19-24,27-28H2,1-2H3. The van der Waals surface area contributed by atoms with Crippen molar-refractivity contribution in [2.45, 2.75) is 58.3 Å². The Morgan fingerprint density at radius 2 is 1.81 bits per heavy atom. The third kappa shape index (κ3) is 9.23. The van der Waals surface area contributed by atoms with Crippen molar-refractivity contribution in [3.8, 4) is 5.75 Å². The second-order valence-corrected chi connectivity index (χ2v) is 11.8. The lowest BCUT2D eigenvalue weighted by Crippen LogP contribution is -2.41. The molecule has 0 aliphatic carbocycles. The fourth-order valence-corrected chi connectivity index (χ4v) is 5.84. The van der Waals surface area contributed by atoms with Crippen LogP contribution in [0.25, 0.3) is 10.9 Å². The highest BCUT2D eigenvalue weighted by Gasteiger charge is 2.20. The third-order valence-electron chi connectivity index (χ3n) is 8.61. The second kappa shape index (κ2) is 15.8. The van der Waals surface area contributed by atoms with Crippen molar-refractivity contribution in [2.75, 3.05) is 39.3 Å². The Morgan fingerprint density at radius 3 is 2.63 bits per heavy atom. The number of ether oxygens (including phenoxy) is 2. The van der Waals surface area contributed by atoms with E-state index in [4.69, 9.17) is 9.47 Å². The quantitative estimate of drug-likeness (QED) is 0.161. The van der Waals surface area contributed by atoms with Gasteiger partial charge in [-0.15, -0.1) is 0 Å². The molecule has 7 nitrogen and oxygen atoms in total. The van der Waals surface area contributed by atoms with E-state index in [1.165, 1.54) is 11.1 Å². The van der Waals surface area contributed by atoms with Crippen LogP contribution < -0.4 is 10.3 Å². The number of hydrogen-bond donors (Lipinski definition) is 0. The molecule has 0 spiro atoms. The van der Waals surface area contributed by atoms with E-state index in [1.807, 2.05) is 36.5 Å². The van der Waals surface area contributed by atoms with Gasteiger partial charge in [-0.3, -0.25) is 14.7 Å². The van der Waals surface area contributed by atoms with Gasteiger partial charge in [0.15, 0.2) is 0 Å². The van der Waals surface area contributed by atoms with Gasteiger partial charge in [0.25, 0.3) is 5.56 Å². The molecular weight excluding hydrogens is 536 g/mol. The highest BCUT2D eigenvalue weighted by molar-refractivity contribution is 5.80. The molecule has 228 valence electrons. The number of aromatic nitrogens is 2. The monoisotopic (exact) mass is 582 g/mol. The highest BCUT2D eigenvalue weighted by atomic mass is 16.5. The molecule has 5 rings (SSSR count). The van der Waals surface area contributed by atoms with Crippen LogP contribution in [0.2, 0.25) is 0 Å². The van der Waals surface area contributed by atoms with Crippen LogP contribution in [0, 0.1) is 6.92 Å². The summed E-state index contributed by atoms with van der Waals surface area (Å²) >= 11 is 0. The summed E-state index contributed by atoms with van der Waals surface area (Å²) in [5.74, 6) is 0.860. The van der Waals surface area contributed by atoms with E-state index >= 15 is 0 Å². The minimum Gasteiger partial charge on any atom is -0.494 e. The summed E-state index contributed by atoms with van der Waals surface area (Å²) in [5.41, 5.74) is 4.85. The van der Waals surface area contributed by atoms with E-state index in [-0.39, 0.29) is 5.56 Å². The Labute approximate surface area is 256 Å². The predicted octanol–water partition coefficient (Wildman–Crippen LogP) is 5.97. The van der Waals surface area contributed by atoms with Gasteiger partial charge in [0.05, 0.1) is 24.8 Å². The van der Waals surface area contributed by atoms with Gasteiger partial charge in [-0.25, -0.2) is 0 Å². The number of hydrogen-bond acceptors (Lipinski definition) is 6. The van der Waals surface area contributed by atoms with E-state index in [0.29, 0.717) is 19.3 Å². The van der Waals surface area contributed by atoms with Gasteiger partial charge in [-0.05, 0) is 92.6 Å². The average molecular weight is 583 g/mol. The van der Waals surface area contributed by atoms with Crippen molar-refractivity contribution in [1.29, 1.82) is 0 Å². The molecule has 4 aromatic rings. The van der Waals surface area contributed by atoms with Gasteiger partial charge in [0.1, 0.15) is 5.75 Å². The van der Waals surface area contributed by atoms with Gasteiger partial charge >= 0.3 is 0 Å². The Balaban J connectivity index is 1.04. The number of nitrogens with zero attached hydrogens (tertiary/aromatic N) is 4. The summed E-state index contributed by atoms with van der Waals surface area (Å²) in [7, 11) is 1.80. The first-order valence-corrected chi connectivity index (χ1v) is 15.8. The van der Waals surface area contributed by atoms with Crippen LogP contribution in [0.15, 0.2) is 83.9 Å². The average Bonchev–Trinajstić information content (AvgIpc) is 3.04. The number of likely N-dealkylation sites (tertiary alicyclic amines) is 1. The Morgan fingerprint density at radius 1 is 0.953 bits per heavy atom. The zero-order valence-electron chi connectivity index (χ0n) is 25.8. The minimum absolute atomic E-state index is 0.00413. The molecule has 3 heterocycles. The molecule has 0 atom stereocenters. The summed E-state index contributed by atoms with van der Waals surface area (Å²) in [4.78, 5) is 21.3. The van der Waals surface area contributed by atoms with Crippen molar-refractivity contribution in [1.82, 2.24) is 19.4 Å². The van der Waals surface area contributed by atoms with Crippen molar-refractivity contribution >= 4 is 10.9 Å². The Hall–Kier alpha value is -3.52. The number of piperidine rings is 1. The predicted molar refractivity (Wildman–Crippen MR) is 173 cm³/mol. The molecular formula is C36H46N4O3. The topological polar surface area (TPSA) is 59.8 Å². The smallest absolute Gasteiger partial charge is 0.250 e. The number of unbranched alkanes of at least 4 members (excludes halogenated alkanes) is 2. The van der Waals surface area contributed by atoms with Gasteiger partial charge < -0.3 is 18.9 Å². The minimum atomic E-state index is 0.00413. The van der Waals surface area contributed by atoms with Crippen LogP contribution in [0.3, 0.4) is 0 Å². The highest BCUT2D eigenvalue weighted by Crippen LogP contribution is 2.20. The van der Waals surface area contributed by atoms with E-state index < -0.39 is 0 Å². The SMILES string of the molecule is Cc1ccccc1CN(CCCCCOc1ccc2c(ccc(=O)n2C)c1)CCN1CCC(OCc2cccnc2)CC1. The number of benzene rings is 2. The van der Waals surface area contributed by atoms with Gasteiger partial charge in [0.2, 0.25) is 0 Å². The molecule has 0 bridgehead atoms. The van der Waals surface area contributed by atoms with E-state index in [0.717, 1.165) is 93.6 Å². The maximum Gasteiger partial charge on any atom is 0.250 e. The molecule has 1 saturated heterocycles. The second-order valence-electron chi connectivity index (χ2n) is 11.8. The summed E-state index contributed by atoms with van der Waals surface area (Å²) in [5, 5.41) is 1.02. The van der Waals surface area contributed by atoms with E-state index in [9.17, 15) is 4.79 Å². The zero-order valence-corrected chi connectivity index (χ0v) is 25.8. The third-order valence-corrected chi connectivity index (χ3v) is 8.61. The zero-order chi connectivity index (χ0) is 29.9. The summed E-state index contributed by atoms with van der Waals surface area (Å²) in [6.07, 6.45) is 9.52. The van der Waals surface area contributed by atoms with E-state index in [2.05, 4.69) is 52.0 Å². The molecule has 2 aromatic heterocycles. The van der Waals surface area contributed by atoms with Crippen LogP contribution >= 0.6 is 0 Å². The molecule has 7 heteroatoms. The molecule has 0 radical (unpaired) electrons. The van der Waals surface area contributed by atoms with Crippen LogP contribution in [-0.2, 0) is 24.9 Å². The molecule has 1 fully saturated rings. The van der Waals surface area contributed by atoms with Gasteiger partial charge in [-0.1, -0.05) is 30.3 Å². The fraction of sp³-hybridized carbons (Fsp3) is 0.444. The molecule has 0 saturated carbocycles. The van der Waals surface area contributed by atoms with Crippen LogP contribution in [-0.4, -0.2) is 64.8 Å². The van der Waals surface area contributed by atoms with Crippen LogP contribution in [0.1, 0.15) is 48.8 Å². The van der Waals surface area contributed by atoms with Crippen molar-refractivity contribution in [2.24, 2.45) is 7.05 Å². The maximum atomic E-state index is 11.9. The molecule has 1 aliphatic rings. The van der Waals surface area contributed by atoms with Gasteiger partial charge in [-0.2, -0.15) is 0 Å². The number of rotatable bonds is 15. The molecule has 0 unspecified atom stereocenters. The van der Waals surface area contributed by atoms with Crippen molar-refractivity contribution in [3.63, 3.8) is 0 Å². The first-order valence-electron chi connectivity index (χ1n) is 15.8. The van der Waals surface area contributed by atoms with Crippen LogP contribution in [0.5, 0.6) is 5.75 Å². The first-order chi connectivity index (χ1) is 21.0. The summed E-state index contributed by atoms with van der Waals surface area (Å²) in [6, 6.07) is 22.2. The van der Waals surface area contributed by atoms with Crippen LogP contribution in [0.4, 0.5) is 0 Å². The number of aryl methyl sites for hydroxylation is 2. The normalized spacial score (nSPS) is 14.5. The first kappa shape index (κ1) is 30.9. The molecule has 0 N–H and O–H groups in total. The van der Waals surface area contributed by atoms with Gasteiger partial charge in [0, 0.05) is 63.6 Å². The molecule has 0 amide bonds. The largest absolute Gasteiger partial charge is 0.494 e. The number of fused-ring (bicyclic) bond motifs is 1. The lowest BCUT2D eigenvalue weighted by atomic mass is 10.1. The summed E-state index contributed by atoms with van der Waals surface area (Å²) in [6.45, 7) is 10.0. The molecule has 43 heavy (non-hydrogen) atoms. The lowest BCUT2D eigenvalue weighted by molar-refractivity contribution is -0.00404. The van der Waals surface area contributed by atoms with E-state index in [1.54, 1.807) is 23.9 Å². The lowest BCUT2D eigenvalue weighted by Gasteiger charge is -2.33. The Bertz CT molecular complexity index is 1480. The molecule has 1 aliphatic heterocycles. The molecule has 2 aromatic carbocycles. The Kier molecular flexibility index (Phi) is 11.4. The summed E-state index contributed by atoms with van der Waals surface area (Å²) < 4.78 is 13.9. The number of pyridine rings is 2. The van der Waals surface area contributed by atoms with Crippen molar-refractivity contribution < 1.29 is 9.47 Å². The maximum absolute atomic E-state index is 11.9.